The van der Waals surface area contributed by atoms with Crippen LogP contribution in [0.1, 0.15) is 45.4 Å². The zero-order valence-electron chi connectivity index (χ0n) is 12.6. The quantitative estimate of drug-likeness (QED) is 0.765. The number of nitrogens with one attached hydrogen (secondary N) is 1. The largest absolute Gasteiger partial charge is 0.481 e. The molecule has 1 atom stereocenters. The lowest BCUT2D eigenvalue weighted by Crippen LogP contribution is -2.40. The van der Waals surface area contributed by atoms with Gasteiger partial charge in [0.25, 0.3) is 0 Å². The topological polar surface area (TPSA) is 86.7 Å². The Morgan fingerprint density at radius 3 is 2.43 bits per heavy atom. The lowest BCUT2D eigenvalue weighted by atomic mass is 9.90. The molecule has 1 aliphatic heterocycles. The molecule has 0 radical (unpaired) electrons. The molecule has 1 heterocycles. The summed E-state index contributed by atoms with van der Waals surface area (Å²) in [5.41, 5.74) is -0.0545. The van der Waals surface area contributed by atoms with Gasteiger partial charge in [-0.3, -0.25) is 14.4 Å². The van der Waals surface area contributed by atoms with Crippen LogP contribution in [-0.2, 0) is 14.4 Å². The van der Waals surface area contributed by atoms with Crippen LogP contribution in [0, 0.1) is 11.3 Å². The maximum atomic E-state index is 12.1. The number of likely N-dealkylation sites (tertiary alicyclic amines) is 1. The minimum Gasteiger partial charge on any atom is -0.481 e. The van der Waals surface area contributed by atoms with Crippen LogP contribution < -0.4 is 5.32 Å². The molecule has 2 rings (SSSR count). The van der Waals surface area contributed by atoms with Crippen LogP contribution in [-0.4, -0.2) is 47.4 Å². The van der Waals surface area contributed by atoms with E-state index in [9.17, 15) is 14.4 Å². The van der Waals surface area contributed by atoms with Crippen LogP contribution in [0.4, 0.5) is 0 Å². The minimum absolute atomic E-state index is 0.00373. The second-order valence-corrected chi connectivity index (χ2v) is 6.19. The predicted molar refractivity (Wildman–Crippen MR) is 76.5 cm³/mol. The molecule has 0 aromatic carbocycles. The fraction of sp³-hybridized carbons (Fsp3) is 0.800. The second-order valence-electron chi connectivity index (χ2n) is 6.19. The van der Waals surface area contributed by atoms with Crippen LogP contribution in [0.2, 0.25) is 0 Å². The third-order valence-electron chi connectivity index (χ3n) is 4.74. The second kappa shape index (κ2) is 6.45. The van der Waals surface area contributed by atoms with Crippen LogP contribution in [0.15, 0.2) is 0 Å². The van der Waals surface area contributed by atoms with Crippen molar-refractivity contribution in [1.82, 2.24) is 10.2 Å². The van der Waals surface area contributed by atoms with Crippen molar-refractivity contribution < 1.29 is 19.5 Å². The van der Waals surface area contributed by atoms with Crippen molar-refractivity contribution >= 4 is 17.8 Å². The zero-order chi connectivity index (χ0) is 15.5. The van der Waals surface area contributed by atoms with E-state index in [1.807, 2.05) is 6.92 Å². The third kappa shape index (κ3) is 3.74. The zero-order valence-corrected chi connectivity index (χ0v) is 12.6. The van der Waals surface area contributed by atoms with E-state index in [0.29, 0.717) is 19.6 Å². The Bertz CT molecular complexity index is 427. The smallest absolute Gasteiger partial charge is 0.307 e. The Labute approximate surface area is 124 Å². The summed E-state index contributed by atoms with van der Waals surface area (Å²) in [6, 6.07) is 0. The Morgan fingerprint density at radius 2 is 1.90 bits per heavy atom. The molecule has 21 heavy (non-hydrogen) atoms. The van der Waals surface area contributed by atoms with E-state index >= 15 is 0 Å². The van der Waals surface area contributed by atoms with E-state index in [0.717, 1.165) is 25.7 Å². The van der Waals surface area contributed by atoms with E-state index in [4.69, 9.17) is 5.11 Å². The molecule has 2 amide bonds. The first kappa shape index (κ1) is 15.8. The van der Waals surface area contributed by atoms with Crippen molar-refractivity contribution in [2.24, 2.45) is 11.3 Å². The molecule has 6 nitrogen and oxygen atoms in total. The number of carboxylic acids is 1. The number of hydrogen-bond donors (Lipinski definition) is 2. The van der Waals surface area contributed by atoms with Crippen molar-refractivity contribution in [3.8, 4) is 0 Å². The van der Waals surface area contributed by atoms with Crippen LogP contribution in [0.3, 0.4) is 0 Å². The summed E-state index contributed by atoms with van der Waals surface area (Å²) in [5.74, 6) is -0.993. The number of aliphatic carboxylic acids is 1. The fourth-order valence-corrected chi connectivity index (χ4v) is 3.18. The molecular weight excluding hydrogens is 272 g/mol. The summed E-state index contributed by atoms with van der Waals surface area (Å²) in [4.78, 5) is 36.3. The molecule has 2 N–H and O–H groups in total. The van der Waals surface area contributed by atoms with Gasteiger partial charge in [0.15, 0.2) is 0 Å². The maximum Gasteiger partial charge on any atom is 0.307 e. The van der Waals surface area contributed by atoms with E-state index in [1.165, 1.54) is 0 Å². The van der Waals surface area contributed by atoms with E-state index in [-0.39, 0.29) is 36.0 Å². The highest BCUT2D eigenvalue weighted by Gasteiger charge is 2.59. The lowest BCUT2D eigenvalue weighted by molar-refractivity contribution is -0.140. The first-order valence-corrected chi connectivity index (χ1v) is 7.76. The summed E-state index contributed by atoms with van der Waals surface area (Å²) < 4.78 is 0. The highest BCUT2D eigenvalue weighted by Crippen LogP contribution is 2.59. The molecule has 1 unspecified atom stereocenters. The number of carbonyl (C=O) groups excluding carboxylic acids is 2. The lowest BCUT2D eigenvalue weighted by Gasteiger charge is -2.32. The molecule has 2 aliphatic rings. The Morgan fingerprint density at radius 1 is 1.24 bits per heavy atom. The summed E-state index contributed by atoms with van der Waals surface area (Å²) >= 11 is 0. The average molecular weight is 296 g/mol. The Kier molecular flexibility index (Phi) is 4.85. The number of piperidine rings is 1. The fourth-order valence-electron chi connectivity index (χ4n) is 3.18. The van der Waals surface area contributed by atoms with Gasteiger partial charge in [-0.1, -0.05) is 6.92 Å². The molecule has 118 valence electrons. The van der Waals surface area contributed by atoms with E-state index in [1.54, 1.807) is 4.90 Å². The maximum absolute atomic E-state index is 12.1. The van der Waals surface area contributed by atoms with Gasteiger partial charge in [0.2, 0.25) is 11.8 Å². The van der Waals surface area contributed by atoms with Crippen molar-refractivity contribution in [2.75, 3.05) is 19.6 Å². The number of rotatable bonds is 6. The predicted octanol–water partition coefficient (Wildman–Crippen LogP) is 1.01. The van der Waals surface area contributed by atoms with Crippen molar-refractivity contribution in [2.45, 2.75) is 45.4 Å². The SMILES string of the molecule is CCCNC(=O)CCC(=O)N1CCC2(CC1)CC2C(=O)O. The highest BCUT2D eigenvalue weighted by atomic mass is 16.4. The highest BCUT2D eigenvalue weighted by molar-refractivity contribution is 5.84. The molecule has 1 spiro atoms. The summed E-state index contributed by atoms with van der Waals surface area (Å²) in [7, 11) is 0. The Balaban J connectivity index is 1.69. The van der Waals surface area contributed by atoms with Gasteiger partial charge in [-0.25, -0.2) is 0 Å². The van der Waals surface area contributed by atoms with Crippen LogP contribution >= 0.6 is 0 Å². The molecular formula is C15H24N2O4. The van der Waals surface area contributed by atoms with Gasteiger partial charge in [0.1, 0.15) is 0 Å². The third-order valence-corrected chi connectivity index (χ3v) is 4.74. The van der Waals surface area contributed by atoms with Crippen molar-refractivity contribution in [1.29, 1.82) is 0 Å². The van der Waals surface area contributed by atoms with Gasteiger partial charge in [-0.15, -0.1) is 0 Å². The number of hydrogen-bond acceptors (Lipinski definition) is 3. The molecule has 1 saturated carbocycles. The first-order valence-electron chi connectivity index (χ1n) is 7.76. The van der Waals surface area contributed by atoms with E-state index < -0.39 is 5.97 Å². The number of carboxylic acid groups (broad SMARTS) is 1. The van der Waals surface area contributed by atoms with Crippen molar-refractivity contribution in [3.63, 3.8) is 0 Å². The van der Waals surface area contributed by atoms with E-state index in [2.05, 4.69) is 5.32 Å². The summed E-state index contributed by atoms with van der Waals surface area (Å²) in [6.07, 6.45) is 3.67. The van der Waals surface area contributed by atoms with Gasteiger partial charge >= 0.3 is 5.97 Å². The number of amides is 2. The molecule has 0 aromatic heterocycles. The molecule has 1 saturated heterocycles. The van der Waals surface area contributed by atoms with Crippen molar-refractivity contribution in [3.05, 3.63) is 0 Å². The number of nitrogens with zero attached hydrogens (tertiary/aromatic N) is 1. The molecule has 6 heteroatoms. The molecule has 1 aliphatic carbocycles. The normalized spacial score (nSPS) is 22.9. The molecule has 0 bridgehead atoms. The van der Waals surface area contributed by atoms with Crippen LogP contribution in [0.25, 0.3) is 0 Å². The van der Waals surface area contributed by atoms with Gasteiger partial charge in [-0.05, 0) is 31.1 Å². The monoisotopic (exact) mass is 296 g/mol. The van der Waals surface area contributed by atoms with Gasteiger partial charge in [0.05, 0.1) is 5.92 Å². The van der Waals surface area contributed by atoms with Crippen LogP contribution in [0.5, 0.6) is 0 Å². The summed E-state index contributed by atoms with van der Waals surface area (Å²) in [6.45, 7) is 3.88. The number of carbonyl (C=O) groups is 3. The van der Waals surface area contributed by atoms with Gasteiger partial charge in [-0.2, -0.15) is 0 Å². The molecule has 2 fully saturated rings. The Hall–Kier alpha value is -1.59. The summed E-state index contributed by atoms with van der Waals surface area (Å²) in [5, 5.41) is 11.8. The standard InChI is InChI=1S/C15H24N2O4/c1-2-7-16-12(18)3-4-13(19)17-8-5-15(6-9-17)10-11(15)14(20)21/h11H,2-10H2,1H3,(H,16,18)(H,20,21). The average Bonchev–Trinajstić information content (AvgIpc) is 3.17. The minimum atomic E-state index is -0.706. The van der Waals surface area contributed by atoms with Gasteiger partial charge < -0.3 is 15.3 Å². The first-order chi connectivity index (χ1) is 9.98. The molecule has 0 aromatic rings. The van der Waals surface area contributed by atoms with Gasteiger partial charge in [0, 0.05) is 32.5 Å².